The van der Waals surface area contributed by atoms with Gasteiger partial charge < -0.3 is 20.7 Å². The molecule has 0 aromatic carbocycles. The number of fused-ring (bicyclic) bond motifs is 1. The Morgan fingerprint density at radius 3 is 3.10 bits per heavy atom. The summed E-state index contributed by atoms with van der Waals surface area (Å²) in [5.41, 5.74) is 3.89. The minimum Gasteiger partial charge on any atom is -0.392 e. The van der Waals surface area contributed by atoms with Gasteiger partial charge in [-0.2, -0.15) is 4.98 Å². The van der Waals surface area contributed by atoms with Gasteiger partial charge >= 0.3 is 0 Å². The van der Waals surface area contributed by atoms with Crippen LogP contribution in [0.5, 0.6) is 0 Å². The minimum atomic E-state index is -1.48. The molecule has 0 spiro atoms. The van der Waals surface area contributed by atoms with Crippen LogP contribution in [0.3, 0.4) is 0 Å². The zero-order chi connectivity index (χ0) is 15.2. The molecule has 0 bridgehead atoms. The van der Waals surface area contributed by atoms with Crippen molar-refractivity contribution in [2.45, 2.75) is 24.4 Å². The van der Waals surface area contributed by atoms with Crippen molar-refractivity contribution in [1.29, 1.82) is 0 Å². The SMILES string of the molecule is C#C[C@@]1(CO)OC(n2cnc3c(=O)[nH]c(N)nc32)CC1O. The Balaban J connectivity index is 2.07. The van der Waals surface area contributed by atoms with E-state index in [1.54, 1.807) is 0 Å². The molecule has 9 nitrogen and oxygen atoms in total. The molecule has 1 aliphatic rings. The van der Waals surface area contributed by atoms with Crippen molar-refractivity contribution in [2.75, 3.05) is 12.3 Å². The highest BCUT2D eigenvalue weighted by atomic mass is 16.6. The number of hydrogen-bond donors (Lipinski definition) is 4. The molecule has 2 aromatic heterocycles. The predicted molar refractivity (Wildman–Crippen MR) is 72.0 cm³/mol. The number of aliphatic hydroxyl groups is 2. The molecular formula is C12H13N5O4. The lowest BCUT2D eigenvalue weighted by atomic mass is 9.99. The van der Waals surface area contributed by atoms with Crippen LogP contribution in [-0.4, -0.2) is 48.0 Å². The summed E-state index contributed by atoms with van der Waals surface area (Å²) in [6.45, 7) is -0.524. The molecule has 5 N–H and O–H groups in total. The number of nitrogen functional groups attached to an aromatic ring is 1. The Labute approximate surface area is 118 Å². The average Bonchev–Trinajstić information content (AvgIpc) is 3.00. The van der Waals surface area contributed by atoms with Crippen molar-refractivity contribution in [3.8, 4) is 12.3 Å². The number of anilines is 1. The van der Waals surface area contributed by atoms with Gasteiger partial charge in [0.25, 0.3) is 5.56 Å². The Hall–Kier alpha value is -2.41. The second kappa shape index (κ2) is 4.56. The maximum atomic E-state index is 11.7. The van der Waals surface area contributed by atoms with Gasteiger partial charge in [-0.3, -0.25) is 14.3 Å². The van der Waals surface area contributed by atoms with E-state index in [1.807, 2.05) is 0 Å². The van der Waals surface area contributed by atoms with Gasteiger partial charge in [0.15, 0.2) is 16.8 Å². The average molecular weight is 291 g/mol. The van der Waals surface area contributed by atoms with Gasteiger partial charge in [0, 0.05) is 6.42 Å². The summed E-state index contributed by atoms with van der Waals surface area (Å²) in [6, 6.07) is 0. The Kier molecular flexibility index (Phi) is 2.94. The third-order valence-electron chi connectivity index (χ3n) is 3.55. The van der Waals surface area contributed by atoms with E-state index in [2.05, 4.69) is 20.9 Å². The topological polar surface area (TPSA) is 139 Å². The molecule has 2 unspecified atom stereocenters. The van der Waals surface area contributed by atoms with E-state index in [4.69, 9.17) is 16.9 Å². The number of rotatable bonds is 2. The van der Waals surface area contributed by atoms with Crippen molar-refractivity contribution in [1.82, 2.24) is 19.5 Å². The number of nitrogens with zero attached hydrogens (tertiary/aromatic N) is 3. The molecule has 0 saturated carbocycles. The van der Waals surface area contributed by atoms with Crippen LogP contribution in [0, 0.1) is 12.3 Å². The van der Waals surface area contributed by atoms with E-state index in [1.165, 1.54) is 10.9 Å². The third kappa shape index (κ3) is 1.89. The maximum absolute atomic E-state index is 11.7. The highest BCUT2D eigenvalue weighted by molar-refractivity contribution is 5.70. The number of nitrogens with two attached hydrogens (primary N) is 1. The Morgan fingerprint density at radius 2 is 2.48 bits per heavy atom. The van der Waals surface area contributed by atoms with Gasteiger partial charge in [-0.25, -0.2) is 4.98 Å². The minimum absolute atomic E-state index is 0.0573. The monoisotopic (exact) mass is 291 g/mol. The lowest BCUT2D eigenvalue weighted by Gasteiger charge is -2.23. The maximum Gasteiger partial charge on any atom is 0.280 e. The van der Waals surface area contributed by atoms with E-state index in [-0.39, 0.29) is 23.5 Å². The molecule has 0 radical (unpaired) electrons. The molecule has 3 rings (SSSR count). The van der Waals surface area contributed by atoms with Crippen molar-refractivity contribution in [2.24, 2.45) is 0 Å². The molecule has 3 heterocycles. The summed E-state index contributed by atoms with van der Waals surface area (Å²) in [5.74, 6) is 2.21. The van der Waals surface area contributed by atoms with Gasteiger partial charge in [-0.1, -0.05) is 5.92 Å². The van der Waals surface area contributed by atoms with Crippen molar-refractivity contribution in [3.05, 3.63) is 16.7 Å². The lowest BCUT2D eigenvalue weighted by Crippen LogP contribution is -2.41. The number of ether oxygens (including phenoxy) is 1. The first-order valence-electron chi connectivity index (χ1n) is 6.17. The van der Waals surface area contributed by atoms with Crippen LogP contribution in [-0.2, 0) is 4.74 Å². The van der Waals surface area contributed by atoms with Gasteiger partial charge in [0.1, 0.15) is 12.3 Å². The van der Waals surface area contributed by atoms with Crippen molar-refractivity contribution < 1.29 is 14.9 Å². The standard InChI is InChI=1S/C12H13N5O4/c1-2-12(4-18)6(19)3-7(21-12)17-5-14-8-9(17)15-11(13)16-10(8)20/h1,5-7,18-19H,3-4H2,(H3,13,15,16,20)/t6?,7?,12-/m0/s1. The number of H-pyrrole nitrogens is 1. The summed E-state index contributed by atoms with van der Waals surface area (Å²) < 4.78 is 7.04. The lowest BCUT2D eigenvalue weighted by molar-refractivity contribution is -0.0891. The molecule has 9 heteroatoms. The first kappa shape index (κ1) is 13.6. The molecule has 1 aliphatic heterocycles. The highest BCUT2D eigenvalue weighted by Gasteiger charge is 2.47. The third-order valence-corrected chi connectivity index (χ3v) is 3.55. The summed E-state index contributed by atoms with van der Waals surface area (Å²) in [6.07, 6.45) is 5.07. The molecule has 3 atom stereocenters. The number of hydrogen-bond acceptors (Lipinski definition) is 7. The van der Waals surface area contributed by atoms with Crippen LogP contribution in [0.25, 0.3) is 11.2 Å². The van der Waals surface area contributed by atoms with Crippen LogP contribution in [0.15, 0.2) is 11.1 Å². The first-order chi connectivity index (χ1) is 10.0. The smallest absolute Gasteiger partial charge is 0.280 e. The molecule has 2 aromatic rings. The van der Waals surface area contributed by atoms with E-state index >= 15 is 0 Å². The summed E-state index contributed by atoms with van der Waals surface area (Å²) in [7, 11) is 0. The fourth-order valence-corrected chi connectivity index (χ4v) is 2.39. The van der Waals surface area contributed by atoms with Crippen molar-refractivity contribution >= 4 is 17.1 Å². The number of aromatic amines is 1. The van der Waals surface area contributed by atoms with E-state index in [9.17, 15) is 15.0 Å². The van der Waals surface area contributed by atoms with Crippen LogP contribution >= 0.6 is 0 Å². The van der Waals surface area contributed by atoms with Gasteiger partial charge in [0.05, 0.1) is 12.9 Å². The van der Waals surface area contributed by atoms with Crippen LogP contribution in [0.2, 0.25) is 0 Å². The van der Waals surface area contributed by atoms with Gasteiger partial charge in [0.2, 0.25) is 5.95 Å². The van der Waals surface area contributed by atoms with Crippen LogP contribution in [0.4, 0.5) is 5.95 Å². The number of imidazole rings is 1. The normalized spacial score (nSPS) is 28.8. The second-order valence-corrected chi connectivity index (χ2v) is 4.79. The molecule has 1 fully saturated rings. The zero-order valence-electron chi connectivity index (χ0n) is 10.9. The Morgan fingerprint density at radius 1 is 1.71 bits per heavy atom. The fourth-order valence-electron chi connectivity index (χ4n) is 2.39. The van der Waals surface area contributed by atoms with Crippen molar-refractivity contribution in [3.63, 3.8) is 0 Å². The first-order valence-corrected chi connectivity index (χ1v) is 6.17. The molecule has 0 amide bonds. The molecule has 21 heavy (non-hydrogen) atoms. The van der Waals surface area contributed by atoms with Crippen LogP contribution in [0.1, 0.15) is 12.6 Å². The molecule has 0 aliphatic carbocycles. The number of aliphatic hydroxyl groups excluding tert-OH is 2. The summed E-state index contributed by atoms with van der Waals surface area (Å²) in [4.78, 5) is 22.0. The summed E-state index contributed by atoms with van der Waals surface area (Å²) in [5, 5.41) is 19.4. The molecule has 1 saturated heterocycles. The molecular weight excluding hydrogens is 278 g/mol. The van der Waals surface area contributed by atoms with E-state index < -0.39 is 30.1 Å². The van der Waals surface area contributed by atoms with E-state index in [0.717, 1.165) is 0 Å². The second-order valence-electron chi connectivity index (χ2n) is 4.79. The molecule has 110 valence electrons. The van der Waals surface area contributed by atoms with Gasteiger partial charge in [-0.15, -0.1) is 6.42 Å². The quantitative estimate of drug-likeness (QED) is 0.486. The van der Waals surface area contributed by atoms with Gasteiger partial charge in [-0.05, 0) is 0 Å². The predicted octanol–water partition coefficient (Wildman–Crippen LogP) is -1.65. The highest BCUT2D eigenvalue weighted by Crippen LogP contribution is 2.37. The van der Waals surface area contributed by atoms with E-state index in [0.29, 0.717) is 0 Å². The van der Waals surface area contributed by atoms with Crippen LogP contribution < -0.4 is 11.3 Å². The number of terminal acetylenes is 1. The largest absolute Gasteiger partial charge is 0.392 e. The summed E-state index contributed by atoms with van der Waals surface area (Å²) >= 11 is 0. The number of nitrogens with one attached hydrogen (secondary N) is 1. The fraction of sp³-hybridized carbons (Fsp3) is 0.417. The Bertz CT molecular complexity index is 791. The number of aromatic nitrogens is 4. The zero-order valence-corrected chi connectivity index (χ0v) is 10.9.